The summed E-state index contributed by atoms with van der Waals surface area (Å²) in [6.07, 6.45) is 70.2. The zero-order chi connectivity index (χ0) is 44.9. The van der Waals surface area contributed by atoms with Gasteiger partial charge in [-0.2, -0.15) is 0 Å². The number of carbonyl (C=O) groups excluding carboxylic acids is 2. The summed E-state index contributed by atoms with van der Waals surface area (Å²) in [5.74, 6) is -0.555. The van der Waals surface area contributed by atoms with Crippen molar-refractivity contribution in [3.8, 4) is 0 Å². The van der Waals surface area contributed by atoms with Gasteiger partial charge in [-0.25, -0.2) is 0 Å². The Bertz CT molecular complexity index is 1200. The molecule has 0 saturated carbocycles. The summed E-state index contributed by atoms with van der Waals surface area (Å²) in [6.45, 7) is 7.45. The molecule has 0 aliphatic carbocycles. The van der Waals surface area contributed by atoms with Gasteiger partial charge in [0.25, 0.3) is 0 Å². The van der Waals surface area contributed by atoms with Crippen molar-refractivity contribution in [3.63, 3.8) is 0 Å². The summed E-state index contributed by atoms with van der Waals surface area (Å²) < 4.78 is 17.3. The molecule has 5 nitrogen and oxygen atoms in total. The van der Waals surface area contributed by atoms with E-state index in [0.29, 0.717) is 13.0 Å². The van der Waals surface area contributed by atoms with Crippen molar-refractivity contribution in [2.75, 3.05) is 19.8 Å². The van der Waals surface area contributed by atoms with E-state index in [1.807, 2.05) is 12.2 Å². The minimum absolute atomic E-state index is 0.0339. The van der Waals surface area contributed by atoms with Crippen LogP contribution in [0.2, 0.25) is 0 Å². The van der Waals surface area contributed by atoms with E-state index < -0.39 is 6.10 Å². The molecule has 0 N–H and O–H groups in total. The summed E-state index contributed by atoms with van der Waals surface area (Å²) in [5.41, 5.74) is 0. The first-order valence-electron chi connectivity index (χ1n) is 25.8. The van der Waals surface area contributed by atoms with Crippen LogP contribution in [0.1, 0.15) is 226 Å². The van der Waals surface area contributed by atoms with E-state index in [1.54, 1.807) is 0 Å². The second kappa shape index (κ2) is 52.2. The molecule has 0 amide bonds. The Labute approximate surface area is 383 Å². The summed E-state index contributed by atoms with van der Waals surface area (Å²) in [4.78, 5) is 25.3. The molecule has 0 rings (SSSR count). The average molecular weight is 861 g/mol. The standard InChI is InChI=1S/C57H96O5/c1-4-7-10-13-16-19-22-25-28-29-31-32-35-38-41-44-47-50-56(58)61-54-55(53-60-52-49-46-43-40-37-34-27-24-21-18-15-12-9-6-3)62-57(59)51-48-45-42-39-36-33-30-26-23-20-17-14-11-8-5-2/h8-9,11-12,17-18,20-21,26-27,30,34,36,39,45,48,55H,4-7,10,13-16,19,22-25,28-29,31-33,35,37-38,40-44,46-47,49-54H2,1-3H3/b11-8-,12-9-,20-17-,21-18-,30-26-,34-27-,39-36-,48-45-. The lowest BCUT2D eigenvalue weighted by atomic mass is 10.0. The van der Waals surface area contributed by atoms with Gasteiger partial charge in [0.2, 0.25) is 0 Å². The third-order valence-corrected chi connectivity index (χ3v) is 10.6. The summed E-state index contributed by atoms with van der Waals surface area (Å²) >= 11 is 0. The number of hydrogen-bond donors (Lipinski definition) is 0. The summed E-state index contributed by atoms with van der Waals surface area (Å²) in [6, 6.07) is 0. The molecule has 62 heavy (non-hydrogen) atoms. The Kier molecular flexibility index (Phi) is 49.5. The van der Waals surface area contributed by atoms with Crippen LogP contribution >= 0.6 is 0 Å². The molecule has 0 aromatic heterocycles. The maximum absolute atomic E-state index is 12.7. The molecular weight excluding hydrogens is 765 g/mol. The molecule has 0 aliphatic rings. The summed E-state index contributed by atoms with van der Waals surface area (Å²) in [5, 5.41) is 0. The van der Waals surface area contributed by atoms with Crippen LogP contribution in [0.15, 0.2) is 97.2 Å². The first kappa shape index (κ1) is 58.8. The predicted octanol–water partition coefficient (Wildman–Crippen LogP) is 17.5. The van der Waals surface area contributed by atoms with Crippen molar-refractivity contribution in [1.29, 1.82) is 0 Å². The van der Waals surface area contributed by atoms with Crippen molar-refractivity contribution in [1.82, 2.24) is 0 Å². The van der Waals surface area contributed by atoms with E-state index in [4.69, 9.17) is 14.2 Å². The molecule has 354 valence electrons. The van der Waals surface area contributed by atoms with E-state index >= 15 is 0 Å². The zero-order valence-corrected chi connectivity index (χ0v) is 40.6. The van der Waals surface area contributed by atoms with Crippen LogP contribution in [-0.2, 0) is 23.8 Å². The number of rotatable bonds is 46. The number of ether oxygens (including phenoxy) is 3. The topological polar surface area (TPSA) is 61.8 Å². The lowest BCUT2D eigenvalue weighted by molar-refractivity contribution is -0.162. The fourth-order valence-electron chi connectivity index (χ4n) is 6.89. The Morgan fingerprint density at radius 1 is 0.387 bits per heavy atom. The highest BCUT2D eigenvalue weighted by atomic mass is 16.6. The van der Waals surface area contributed by atoms with Crippen molar-refractivity contribution in [2.45, 2.75) is 232 Å². The van der Waals surface area contributed by atoms with Crippen LogP contribution in [0.5, 0.6) is 0 Å². The number of unbranched alkanes of at least 4 members (excludes halogenated alkanes) is 20. The van der Waals surface area contributed by atoms with Gasteiger partial charge in [0, 0.05) is 13.0 Å². The van der Waals surface area contributed by atoms with Crippen molar-refractivity contribution in [2.24, 2.45) is 0 Å². The van der Waals surface area contributed by atoms with Gasteiger partial charge in [0.1, 0.15) is 6.61 Å². The third-order valence-electron chi connectivity index (χ3n) is 10.6. The Hall–Kier alpha value is -3.18. The van der Waals surface area contributed by atoms with E-state index in [9.17, 15) is 9.59 Å². The number of esters is 2. The van der Waals surface area contributed by atoms with Crippen LogP contribution in [0, 0.1) is 0 Å². The van der Waals surface area contributed by atoms with E-state index in [2.05, 4.69) is 106 Å². The fraction of sp³-hybridized carbons (Fsp3) is 0.684. The van der Waals surface area contributed by atoms with Gasteiger partial charge in [-0.05, 0) is 77.0 Å². The molecule has 1 unspecified atom stereocenters. The fourth-order valence-corrected chi connectivity index (χ4v) is 6.89. The normalized spacial score (nSPS) is 13.0. The summed E-state index contributed by atoms with van der Waals surface area (Å²) in [7, 11) is 0. The second-order valence-electron chi connectivity index (χ2n) is 16.7. The van der Waals surface area contributed by atoms with Gasteiger partial charge < -0.3 is 14.2 Å². The smallest absolute Gasteiger partial charge is 0.310 e. The lowest BCUT2D eigenvalue weighted by Gasteiger charge is -2.18. The molecule has 5 heteroatoms. The Balaban J connectivity index is 4.40. The Morgan fingerprint density at radius 3 is 1.24 bits per heavy atom. The van der Waals surface area contributed by atoms with E-state index in [0.717, 1.165) is 89.9 Å². The van der Waals surface area contributed by atoms with Gasteiger partial charge in [0.15, 0.2) is 6.10 Å². The molecule has 0 aliphatic heterocycles. The molecular formula is C57H96O5. The maximum atomic E-state index is 12.7. The van der Waals surface area contributed by atoms with Gasteiger partial charge in [0.05, 0.1) is 13.0 Å². The highest BCUT2D eigenvalue weighted by Crippen LogP contribution is 2.15. The van der Waals surface area contributed by atoms with Gasteiger partial charge in [-0.3, -0.25) is 9.59 Å². The van der Waals surface area contributed by atoms with Crippen LogP contribution in [0.25, 0.3) is 0 Å². The highest BCUT2D eigenvalue weighted by Gasteiger charge is 2.17. The molecule has 0 heterocycles. The largest absolute Gasteiger partial charge is 0.462 e. The molecule has 0 saturated heterocycles. The first-order valence-corrected chi connectivity index (χ1v) is 25.8. The molecule has 0 aromatic carbocycles. The third kappa shape index (κ3) is 49.5. The van der Waals surface area contributed by atoms with Gasteiger partial charge in [-0.1, -0.05) is 234 Å². The minimum atomic E-state index is -0.605. The maximum Gasteiger partial charge on any atom is 0.310 e. The molecule has 0 radical (unpaired) electrons. The SMILES string of the molecule is CC/C=C\C/C=C\C/C=C\C/C=C\C/C=C\CC(=O)OC(COCCCCCC/C=C\C/C=C\C/C=C\CC)COC(=O)CCCCCCCCCCCCCCCCCCC. The molecule has 0 bridgehead atoms. The second-order valence-corrected chi connectivity index (χ2v) is 16.7. The van der Waals surface area contributed by atoms with Crippen molar-refractivity contribution in [3.05, 3.63) is 97.2 Å². The number of allylic oxidation sites excluding steroid dienone is 15. The van der Waals surface area contributed by atoms with Gasteiger partial charge >= 0.3 is 11.9 Å². The lowest BCUT2D eigenvalue weighted by Crippen LogP contribution is -2.29. The quantitative estimate of drug-likeness (QED) is 0.0347. The average Bonchev–Trinajstić information content (AvgIpc) is 3.27. The van der Waals surface area contributed by atoms with Crippen LogP contribution < -0.4 is 0 Å². The van der Waals surface area contributed by atoms with Crippen molar-refractivity contribution >= 4 is 11.9 Å². The number of carbonyl (C=O) groups is 2. The zero-order valence-electron chi connectivity index (χ0n) is 40.6. The molecule has 0 aromatic rings. The van der Waals surface area contributed by atoms with E-state index in [1.165, 1.54) is 103 Å². The monoisotopic (exact) mass is 861 g/mol. The van der Waals surface area contributed by atoms with Crippen LogP contribution in [0.3, 0.4) is 0 Å². The molecule has 1 atom stereocenters. The number of hydrogen-bond acceptors (Lipinski definition) is 5. The first-order chi connectivity index (χ1) is 30.6. The van der Waals surface area contributed by atoms with Crippen LogP contribution in [0.4, 0.5) is 0 Å². The van der Waals surface area contributed by atoms with Crippen LogP contribution in [-0.4, -0.2) is 37.9 Å². The molecule has 0 fully saturated rings. The highest BCUT2D eigenvalue weighted by molar-refractivity contribution is 5.71. The van der Waals surface area contributed by atoms with Gasteiger partial charge in [-0.15, -0.1) is 0 Å². The minimum Gasteiger partial charge on any atom is -0.462 e. The molecule has 0 spiro atoms. The van der Waals surface area contributed by atoms with E-state index in [-0.39, 0.29) is 31.6 Å². The Morgan fingerprint density at radius 2 is 0.774 bits per heavy atom. The van der Waals surface area contributed by atoms with Crippen molar-refractivity contribution < 1.29 is 23.8 Å². The predicted molar refractivity (Wildman–Crippen MR) is 270 cm³/mol.